The Morgan fingerprint density at radius 3 is 2.06 bits per heavy atom. The number of rotatable bonds is 7. The van der Waals surface area contributed by atoms with Crippen molar-refractivity contribution in [1.82, 2.24) is 15.1 Å². The minimum atomic E-state index is -0.476. The molecule has 31 heavy (non-hydrogen) atoms. The Bertz CT molecular complexity index is 908. The Balaban J connectivity index is 1.34. The molecule has 1 aliphatic heterocycles. The number of benzene rings is 2. The second-order valence-electron chi connectivity index (χ2n) is 8.10. The third-order valence-electron chi connectivity index (χ3n) is 5.63. The highest BCUT2D eigenvalue weighted by molar-refractivity contribution is 5.92. The van der Waals surface area contributed by atoms with Crippen LogP contribution in [0.3, 0.4) is 0 Å². The van der Waals surface area contributed by atoms with Gasteiger partial charge in [-0.15, -0.1) is 0 Å². The first-order chi connectivity index (χ1) is 15.0. The topological polar surface area (TPSA) is 64.7 Å². The predicted octanol–water partition coefficient (Wildman–Crippen LogP) is 2.54. The zero-order valence-corrected chi connectivity index (χ0v) is 17.2. The van der Waals surface area contributed by atoms with E-state index in [9.17, 15) is 18.4 Å². The third-order valence-corrected chi connectivity index (χ3v) is 5.63. The van der Waals surface area contributed by atoms with E-state index in [0.29, 0.717) is 31.9 Å². The van der Waals surface area contributed by atoms with Gasteiger partial charge in [-0.25, -0.2) is 8.78 Å². The number of amides is 2. The molecular weight excluding hydrogens is 402 g/mol. The number of hydrogen-bond donors (Lipinski definition) is 2. The summed E-state index contributed by atoms with van der Waals surface area (Å²) in [5.74, 6) is -0.907. The molecule has 164 valence electrons. The van der Waals surface area contributed by atoms with E-state index < -0.39 is 6.04 Å². The lowest BCUT2D eigenvalue weighted by Gasteiger charge is -2.38. The number of nitrogens with zero attached hydrogens (tertiary/aromatic N) is 2. The first kappa shape index (κ1) is 21.4. The van der Waals surface area contributed by atoms with E-state index in [1.54, 1.807) is 12.1 Å². The van der Waals surface area contributed by atoms with E-state index in [-0.39, 0.29) is 36.0 Å². The van der Waals surface area contributed by atoms with Gasteiger partial charge in [0.2, 0.25) is 11.8 Å². The van der Waals surface area contributed by atoms with E-state index in [1.807, 2.05) is 4.90 Å². The van der Waals surface area contributed by atoms with Crippen molar-refractivity contribution in [3.63, 3.8) is 0 Å². The van der Waals surface area contributed by atoms with Crippen LogP contribution in [-0.4, -0.2) is 60.4 Å². The molecule has 2 N–H and O–H groups in total. The fourth-order valence-electron chi connectivity index (χ4n) is 3.80. The average Bonchev–Trinajstić information content (AvgIpc) is 3.56. The van der Waals surface area contributed by atoms with Gasteiger partial charge in [-0.1, -0.05) is 12.1 Å². The van der Waals surface area contributed by atoms with Crippen molar-refractivity contribution in [1.29, 1.82) is 0 Å². The smallest absolute Gasteiger partial charge is 0.242 e. The number of carbonyl (C=O) groups excluding carboxylic acids is 2. The third kappa shape index (κ3) is 5.86. The molecule has 2 aliphatic rings. The Kier molecular flexibility index (Phi) is 6.58. The summed E-state index contributed by atoms with van der Waals surface area (Å²) in [6.07, 6.45) is 2.00. The molecule has 0 radical (unpaired) electrons. The van der Waals surface area contributed by atoms with Crippen molar-refractivity contribution in [3.8, 4) is 0 Å². The average molecular weight is 428 g/mol. The zero-order valence-electron chi connectivity index (χ0n) is 17.2. The molecule has 2 aromatic carbocycles. The van der Waals surface area contributed by atoms with E-state index >= 15 is 0 Å². The number of halogens is 2. The molecular formula is C23H26F2N4O2. The lowest BCUT2D eigenvalue weighted by atomic mass is 10.0. The molecule has 1 atom stereocenters. The van der Waals surface area contributed by atoms with Gasteiger partial charge in [0.15, 0.2) is 0 Å². The van der Waals surface area contributed by atoms with E-state index in [0.717, 1.165) is 18.4 Å². The van der Waals surface area contributed by atoms with Crippen LogP contribution >= 0.6 is 0 Å². The minimum absolute atomic E-state index is 0.0587. The van der Waals surface area contributed by atoms with E-state index in [2.05, 4.69) is 15.5 Å². The van der Waals surface area contributed by atoms with Crippen LogP contribution in [0.4, 0.5) is 14.5 Å². The van der Waals surface area contributed by atoms with Gasteiger partial charge in [0, 0.05) is 37.9 Å². The summed E-state index contributed by atoms with van der Waals surface area (Å²) in [5, 5.41) is 5.83. The zero-order chi connectivity index (χ0) is 21.8. The van der Waals surface area contributed by atoms with Crippen LogP contribution in [0.5, 0.6) is 0 Å². The van der Waals surface area contributed by atoms with Crippen molar-refractivity contribution >= 4 is 17.5 Å². The predicted molar refractivity (Wildman–Crippen MR) is 113 cm³/mol. The second-order valence-corrected chi connectivity index (χ2v) is 8.10. The summed E-state index contributed by atoms with van der Waals surface area (Å²) in [6, 6.07) is 11.5. The summed E-state index contributed by atoms with van der Waals surface area (Å²) < 4.78 is 26.4. The Hall–Kier alpha value is -2.84. The quantitative estimate of drug-likeness (QED) is 0.712. The standard InChI is InChI=1S/C23H26F2N4O2/c24-17-3-1-16(2-4-17)22(23(31)27-20-9-10-20)29-13-11-28(12-14-29)15-21(30)26-19-7-5-18(25)6-8-19/h1-8,20,22H,9-15H2,(H,26,30)(H,27,31). The summed E-state index contributed by atoms with van der Waals surface area (Å²) >= 11 is 0. The number of nitrogens with one attached hydrogen (secondary N) is 2. The van der Waals surface area contributed by atoms with Gasteiger partial charge in [-0.2, -0.15) is 0 Å². The lowest BCUT2D eigenvalue weighted by molar-refractivity contribution is -0.128. The van der Waals surface area contributed by atoms with Gasteiger partial charge in [0.25, 0.3) is 0 Å². The van der Waals surface area contributed by atoms with Crippen LogP contribution in [-0.2, 0) is 9.59 Å². The monoisotopic (exact) mass is 428 g/mol. The Morgan fingerprint density at radius 1 is 0.903 bits per heavy atom. The molecule has 0 spiro atoms. The first-order valence-corrected chi connectivity index (χ1v) is 10.6. The summed E-state index contributed by atoms with van der Waals surface area (Å²) in [7, 11) is 0. The van der Waals surface area contributed by atoms with Crippen LogP contribution < -0.4 is 10.6 Å². The second kappa shape index (κ2) is 9.53. The van der Waals surface area contributed by atoms with Gasteiger partial charge in [0.05, 0.1) is 6.54 Å². The van der Waals surface area contributed by atoms with Gasteiger partial charge >= 0.3 is 0 Å². The highest BCUT2D eigenvalue weighted by Crippen LogP contribution is 2.26. The highest BCUT2D eigenvalue weighted by atomic mass is 19.1. The molecule has 1 aliphatic carbocycles. The fourth-order valence-corrected chi connectivity index (χ4v) is 3.80. The van der Waals surface area contributed by atoms with Gasteiger partial charge < -0.3 is 10.6 Å². The molecule has 0 aromatic heterocycles. The van der Waals surface area contributed by atoms with Crippen LogP contribution in [0.25, 0.3) is 0 Å². The molecule has 1 heterocycles. The normalized spacial score (nSPS) is 18.4. The maximum atomic E-state index is 13.4. The number of piperazine rings is 1. The van der Waals surface area contributed by atoms with Crippen molar-refractivity contribution in [3.05, 3.63) is 65.7 Å². The SMILES string of the molecule is O=C(CN1CCN(C(C(=O)NC2CC2)c2ccc(F)cc2)CC1)Nc1ccc(F)cc1. The largest absolute Gasteiger partial charge is 0.352 e. The fraction of sp³-hybridized carbons (Fsp3) is 0.391. The molecule has 2 fully saturated rings. The van der Waals surface area contributed by atoms with Gasteiger partial charge in [-0.05, 0) is 54.8 Å². The summed E-state index contributed by atoms with van der Waals surface area (Å²) in [5.41, 5.74) is 1.32. The Labute approximate surface area is 180 Å². The highest BCUT2D eigenvalue weighted by Gasteiger charge is 2.34. The summed E-state index contributed by atoms with van der Waals surface area (Å²) in [6.45, 7) is 2.71. The molecule has 4 rings (SSSR count). The van der Waals surface area contributed by atoms with Gasteiger partial charge in [-0.3, -0.25) is 19.4 Å². The van der Waals surface area contributed by atoms with Crippen molar-refractivity contribution < 1.29 is 18.4 Å². The molecule has 1 saturated carbocycles. The molecule has 6 nitrogen and oxygen atoms in total. The van der Waals surface area contributed by atoms with Crippen LogP contribution in [0.1, 0.15) is 24.4 Å². The lowest BCUT2D eigenvalue weighted by Crippen LogP contribution is -2.52. The molecule has 1 saturated heterocycles. The van der Waals surface area contributed by atoms with Gasteiger partial charge in [0.1, 0.15) is 17.7 Å². The molecule has 2 amide bonds. The van der Waals surface area contributed by atoms with Crippen molar-refractivity contribution in [2.24, 2.45) is 0 Å². The number of hydrogen-bond acceptors (Lipinski definition) is 4. The maximum absolute atomic E-state index is 13.4. The molecule has 2 aromatic rings. The number of anilines is 1. The Morgan fingerprint density at radius 2 is 1.48 bits per heavy atom. The maximum Gasteiger partial charge on any atom is 0.242 e. The van der Waals surface area contributed by atoms with Crippen molar-refractivity contribution in [2.75, 3.05) is 38.0 Å². The number of carbonyl (C=O) groups is 2. The van der Waals surface area contributed by atoms with Crippen LogP contribution in [0.15, 0.2) is 48.5 Å². The van der Waals surface area contributed by atoms with Crippen LogP contribution in [0, 0.1) is 11.6 Å². The van der Waals surface area contributed by atoms with E-state index in [1.165, 1.54) is 36.4 Å². The summed E-state index contributed by atoms with van der Waals surface area (Å²) in [4.78, 5) is 29.3. The van der Waals surface area contributed by atoms with E-state index in [4.69, 9.17) is 0 Å². The van der Waals surface area contributed by atoms with Crippen LogP contribution in [0.2, 0.25) is 0 Å². The molecule has 1 unspecified atom stereocenters. The molecule has 0 bridgehead atoms. The molecule has 8 heteroatoms. The van der Waals surface area contributed by atoms with Crippen molar-refractivity contribution in [2.45, 2.75) is 24.9 Å². The first-order valence-electron chi connectivity index (χ1n) is 10.6. The minimum Gasteiger partial charge on any atom is -0.352 e.